The summed E-state index contributed by atoms with van der Waals surface area (Å²) in [5.41, 5.74) is 5.77. The highest BCUT2D eigenvalue weighted by Crippen LogP contribution is 2.53. The fourth-order valence-corrected chi connectivity index (χ4v) is 5.97. The van der Waals surface area contributed by atoms with Gasteiger partial charge in [-0.05, 0) is 23.9 Å². The molecule has 1 aromatic carbocycles. The lowest BCUT2D eigenvalue weighted by molar-refractivity contribution is -0.113. The van der Waals surface area contributed by atoms with E-state index in [-0.39, 0.29) is 40.5 Å². The zero-order valence-electron chi connectivity index (χ0n) is 17.2. The number of hydrogen-bond acceptors (Lipinski definition) is 11. The van der Waals surface area contributed by atoms with Crippen molar-refractivity contribution in [3.8, 4) is 0 Å². The highest BCUT2D eigenvalue weighted by Gasteiger charge is 2.52. The van der Waals surface area contributed by atoms with E-state index in [2.05, 4.69) is 20.3 Å². The van der Waals surface area contributed by atoms with E-state index in [9.17, 15) is 19.6 Å². The van der Waals surface area contributed by atoms with E-state index in [1.807, 2.05) is 6.07 Å². The van der Waals surface area contributed by atoms with Gasteiger partial charge in [0.15, 0.2) is 22.5 Å². The first-order valence-electron chi connectivity index (χ1n) is 9.96. The number of amides is 1. The van der Waals surface area contributed by atoms with Crippen molar-refractivity contribution < 1.29 is 28.6 Å². The normalized spacial score (nSPS) is 28.6. The van der Waals surface area contributed by atoms with Crippen LogP contribution in [-0.2, 0) is 30.4 Å². The van der Waals surface area contributed by atoms with Gasteiger partial charge in [-0.15, -0.1) is 0 Å². The molecule has 3 unspecified atom stereocenters. The Balaban J connectivity index is 1.47. The van der Waals surface area contributed by atoms with Crippen LogP contribution in [0.25, 0.3) is 11.2 Å². The molecule has 2 fully saturated rings. The number of carbonyl (C=O) groups excluding carboxylic acids is 1. The SMILES string of the molecule is Nc1nc2c(nc(SCC(=O)Nc3ccccc3)n2[C@@H]2OC3COP(O)(=S)O[C@H]3C2O)c(=O)[nH]1. The number of aliphatic hydroxyl groups excluding tert-OH is 1. The van der Waals surface area contributed by atoms with Crippen LogP contribution in [0.5, 0.6) is 0 Å². The van der Waals surface area contributed by atoms with Crippen LogP contribution in [-0.4, -0.2) is 66.1 Å². The Labute approximate surface area is 200 Å². The first kappa shape index (κ1) is 23.4. The van der Waals surface area contributed by atoms with E-state index in [0.717, 1.165) is 11.8 Å². The highest BCUT2D eigenvalue weighted by atomic mass is 32.5. The molecule has 6 N–H and O–H groups in total. The number of fused-ring (bicyclic) bond motifs is 2. The van der Waals surface area contributed by atoms with Crippen molar-refractivity contribution >= 4 is 59.0 Å². The third-order valence-corrected chi connectivity index (χ3v) is 7.66. The summed E-state index contributed by atoms with van der Waals surface area (Å²) in [5.74, 6) is -0.527. The monoisotopic (exact) mass is 526 g/mol. The molecule has 2 saturated heterocycles. The number of H-pyrrole nitrogens is 1. The number of nitrogens with two attached hydrogens (primary N) is 1. The lowest BCUT2D eigenvalue weighted by atomic mass is 10.1. The second kappa shape index (κ2) is 9.02. The molecular formula is C18H19N6O7PS2. The predicted molar refractivity (Wildman–Crippen MR) is 126 cm³/mol. The number of nitrogens with zero attached hydrogens (tertiary/aromatic N) is 3. The number of anilines is 2. The first-order chi connectivity index (χ1) is 16.2. The van der Waals surface area contributed by atoms with Crippen LogP contribution in [0, 0.1) is 0 Å². The number of nitrogen functional groups attached to an aromatic ring is 1. The summed E-state index contributed by atoms with van der Waals surface area (Å²) in [6.07, 6.45) is -4.13. The number of nitrogens with one attached hydrogen (secondary N) is 2. The quantitative estimate of drug-likeness (QED) is 0.227. The summed E-state index contributed by atoms with van der Waals surface area (Å²) in [7, 11) is 0. The minimum atomic E-state index is -3.51. The molecule has 34 heavy (non-hydrogen) atoms. The second-order valence-corrected chi connectivity index (χ2v) is 11.2. The number of ether oxygens (including phenoxy) is 1. The van der Waals surface area contributed by atoms with Crippen molar-refractivity contribution in [2.45, 2.75) is 29.7 Å². The van der Waals surface area contributed by atoms with Crippen molar-refractivity contribution in [1.29, 1.82) is 0 Å². The van der Waals surface area contributed by atoms with Gasteiger partial charge in [0.05, 0.1) is 12.4 Å². The van der Waals surface area contributed by atoms with Crippen molar-refractivity contribution in [3.63, 3.8) is 0 Å². The number of aromatic nitrogens is 4. The van der Waals surface area contributed by atoms with Gasteiger partial charge in [0.25, 0.3) is 5.56 Å². The van der Waals surface area contributed by atoms with Crippen LogP contribution in [0.3, 0.4) is 0 Å². The maximum absolute atomic E-state index is 12.5. The molecule has 2 aliphatic heterocycles. The number of aromatic amines is 1. The minimum Gasteiger partial charge on any atom is -0.386 e. The summed E-state index contributed by atoms with van der Waals surface area (Å²) in [4.78, 5) is 45.8. The second-order valence-electron chi connectivity index (χ2n) is 7.48. The smallest absolute Gasteiger partial charge is 0.325 e. The third-order valence-electron chi connectivity index (χ3n) is 5.15. The Morgan fingerprint density at radius 3 is 2.91 bits per heavy atom. The van der Waals surface area contributed by atoms with E-state index >= 15 is 0 Å². The van der Waals surface area contributed by atoms with Gasteiger partial charge in [-0.25, -0.2) is 4.98 Å². The molecule has 4 heterocycles. The Hall–Kier alpha value is -2.36. The fraction of sp³-hybridized carbons (Fsp3) is 0.333. The minimum absolute atomic E-state index is 0.0460. The summed E-state index contributed by atoms with van der Waals surface area (Å²) in [6.45, 7) is -3.60. The number of thioether (sulfide) groups is 1. The number of carbonyl (C=O) groups is 1. The summed E-state index contributed by atoms with van der Waals surface area (Å²) in [5, 5.41) is 13.9. The molecule has 2 aliphatic rings. The molecule has 13 nitrogen and oxygen atoms in total. The highest BCUT2D eigenvalue weighted by molar-refractivity contribution is 8.07. The predicted octanol–water partition coefficient (Wildman–Crippen LogP) is 0.323. The van der Waals surface area contributed by atoms with Gasteiger partial charge in [-0.2, -0.15) is 4.98 Å². The van der Waals surface area contributed by atoms with Gasteiger partial charge in [0.1, 0.15) is 18.3 Å². The third kappa shape index (κ3) is 4.48. The first-order valence-corrected chi connectivity index (χ1v) is 13.5. The topological polar surface area (TPSA) is 187 Å². The summed E-state index contributed by atoms with van der Waals surface area (Å²) < 4.78 is 17.8. The zero-order chi connectivity index (χ0) is 24.0. The van der Waals surface area contributed by atoms with E-state index in [0.29, 0.717) is 5.69 Å². The molecule has 0 aliphatic carbocycles. The van der Waals surface area contributed by atoms with Crippen molar-refractivity contribution in [2.24, 2.45) is 0 Å². The molecule has 0 spiro atoms. The molecule has 0 radical (unpaired) electrons. The number of benzene rings is 1. The molecule has 0 bridgehead atoms. The molecule has 3 aromatic rings. The zero-order valence-corrected chi connectivity index (χ0v) is 19.8. The van der Waals surface area contributed by atoms with Crippen LogP contribution in [0.1, 0.15) is 6.23 Å². The number of imidazole rings is 1. The van der Waals surface area contributed by atoms with Gasteiger partial charge in [0, 0.05) is 5.69 Å². The van der Waals surface area contributed by atoms with E-state index in [4.69, 9.17) is 31.3 Å². The molecule has 1 amide bonds. The van der Waals surface area contributed by atoms with Gasteiger partial charge in [-0.1, -0.05) is 30.0 Å². The van der Waals surface area contributed by atoms with Crippen LogP contribution < -0.4 is 16.6 Å². The molecule has 180 valence electrons. The molecule has 5 atom stereocenters. The average molecular weight is 526 g/mol. The van der Waals surface area contributed by atoms with Crippen LogP contribution in [0.15, 0.2) is 40.3 Å². The lowest BCUT2D eigenvalue weighted by Gasteiger charge is -2.30. The summed E-state index contributed by atoms with van der Waals surface area (Å²) >= 11 is 5.90. The van der Waals surface area contributed by atoms with Gasteiger partial charge in [-0.3, -0.25) is 23.7 Å². The average Bonchev–Trinajstić information content (AvgIpc) is 3.29. The Kier molecular flexibility index (Phi) is 6.20. The molecule has 16 heteroatoms. The molecule has 5 rings (SSSR count). The molecule has 2 aromatic heterocycles. The van der Waals surface area contributed by atoms with Crippen molar-refractivity contribution in [2.75, 3.05) is 23.4 Å². The maximum Gasteiger partial charge on any atom is 0.325 e. The van der Waals surface area contributed by atoms with Crippen LogP contribution in [0.4, 0.5) is 11.6 Å². The van der Waals surface area contributed by atoms with Crippen molar-refractivity contribution in [3.05, 3.63) is 40.7 Å². The number of para-hydroxylation sites is 1. The van der Waals surface area contributed by atoms with E-state index < -0.39 is 36.8 Å². The van der Waals surface area contributed by atoms with E-state index in [1.54, 1.807) is 24.3 Å². The van der Waals surface area contributed by atoms with E-state index in [1.165, 1.54) is 4.57 Å². The Morgan fingerprint density at radius 1 is 1.38 bits per heavy atom. The van der Waals surface area contributed by atoms with Gasteiger partial charge < -0.3 is 30.3 Å². The molecule has 0 saturated carbocycles. The maximum atomic E-state index is 12.5. The standard InChI is InChI=1S/C18H19N6O7PS2/c19-17-22-14-11(15(27)23-17)21-18(34-7-10(25)20-8-4-2-1-3-5-8)24(14)16-12(26)13-9(30-16)6-29-32(28,33)31-13/h1-5,9,12-13,16,26H,6-7H2,(H,20,25)(H,28,33)(H3,19,22,23,27)/t9?,12?,13-,16-,32?/m1/s1. The van der Waals surface area contributed by atoms with Crippen LogP contribution in [0.2, 0.25) is 0 Å². The Bertz CT molecular complexity index is 1350. The lowest BCUT2D eigenvalue weighted by Crippen LogP contribution is -2.39. The molecular weight excluding hydrogens is 507 g/mol. The van der Waals surface area contributed by atoms with Crippen molar-refractivity contribution in [1.82, 2.24) is 19.5 Å². The van der Waals surface area contributed by atoms with Crippen LogP contribution >= 0.6 is 18.5 Å². The van der Waals surface area contributed by atoms with Gasteiger partial charge in [0.2, 0.25) is 11.9 Å². The van der Waals surface area contributed by atoms with Gasteiger partial charge >= 0.3 is 6.72 Å². The largest absolute Gasteiger partial charge is 0.386 e. The summed E-state index contributed by atoms with van der Waals surface area (Å²) in [6, 6.07) is 8.91. The fourth-order valence-electron chi connectivity index (χ4n) is 3.71. The number of hydrogen-bond donors (Lipinski definition) is 5. The number of rotatable bonds is 5. The Morgan fingerprint density at radius 2 is 2.15 bits per heavy atom. The number of aliphatic hydroxyl groups is 1.